The second-order valence-electron chi connectivity index (χ2n) is 3.86. The van der Waals surface area contributed by atoms with Crippen LogP contribution in [0.3, 0.4) is 0 Å². The molecule has 1 amide bonds. The minimum Gasteiger partial charge on any atom is -0.320 e. The molecule has 19 heavy (non-hydrogen) atoms. The van der Waals surface area contributed by atoms with E-state index in [4.69, 9.17) is 11.6 Å². The molecule has 0 saturated carbocycles. The molecule has 1 N–H and O–H groups in total. The van der Waals surface area contributed by atoms with Crippen molar-refractivity contribution in [2.45, 2.75) is 0 Å². The number of carbonyl (C=O) groups is 1. The van der Waals surface area contributed by atoms with Gasteiger partial charge in [-0.25, -0.2) is 4.39 Å². The molecule has 2 rings (SSSR count). The molecule has 0 fully saturated rings. The van der Waals surface area contributed by atoms with Crippen molar-refractivity contribution in [3.8, 4) is 0 Å². The molecule has 0 saturated heterocycles. The molecule has 0 heterocycles. The molecule has 0 atom stereocenters. The van der Waals surface area contributed by atoms with Gasteiger partial charge in [0.1, 0.15) is 5.82 Å². The summed E-state index contributed by atoms with van der Waals surface area (Å²) in [6.07, 6.45) is 3.01. The van der Waals surface area contributed by atoms with Gasteiger partial charge in [-0.15, -0.1) is 0 Å². The van der Waals surface area contributed by atoms with E-state index in [9.17, 15) is 9.18 Å². The minimum atomic E-state index is -0.561. The van der Waals surface area contributed by atoms with Crippen molar-refractivity contribution in [2.24, 2.45) is 0 Å². The Morgan fingerprint density at radius 3 is 2.58 bits per heavy atom. The van der Waals surface area contributed by atoms with Gasteiger partial charge in [-0.2, -0.15) is 0 Å². The van der Waals surface area contributed by atoms with Gasteiger partial charge in [0.15, 0.2) is 0 Å². The van der Waals surface area contributed by atoms with Gasteiger partial charge in [-0.3, -0.25) is 4.79 Å². The maximum atomic E-state index is 13.5. The Kier molecular flexibility index (Phi) is 4.31. The SMILES string of the molecule is O=C(C=Cc1ccccc1)Nc1ccc(Cl)cc1F. The van der Waals surface area contributed by atoms with E-state index >= 15 is 0 Å². The third-order valence-corrected chi connectivity index (χ3v) is 2.65. The lowest BCUT2D eigenvalue weighted by atomic mass is 10.2. The Bertz CT molecular complexity index is 611. The first-order valence-electron chi connectivity index (χ1n) is 5.64. The number of hydrogen-bond acceptors (Lipinski definition) is 1. The molecule has 2 nitrogen and oxygen atoms in total. The number of carbonyl (C=O) groups excluding carboxylic acids is 1. The van der Waals surface area contributed by atoms with Crippen LogP contribution in [0.4, 0.5) is 10.1 Å². The van der Waals surface area contributed by atoms with Gasteiger partial charge < -0.3 is 5.32 Å². The highest BCUT2D eigenvalue weighted by Gasteiger charge is 2.04. The zero-order valence-corrected chi connectivity index (χ0v) is 10.7. The van der Waals surface area contributed by atoms with Crippen LogP contribution in [-0.4, -0.2) is 5.91 Å². The summed E-state index contributed by atoms with van der Waals surface area (Å²) in [5.41, 5.74) is 1.00. The fraction of sp³-hybridized carbons (Fsp3) is 0. The first-order valence-corrected chi connectivity index (χ1v) is 6.02. The normalized spacial score (nSPS) is 10.6. The van der Waals surface area contributed by atoms with Crippen LogP contribution in [0.1, 0.15) is 5.56 Å². The summed E-state index contributed by atoms with van der Waals surface area (Å²) >= 11 is 5.63. The van der Waals surface area contributed by atoms with E-state index in [0.717, 1.165) is 11.6 Å². The molecule has 0 aromatic heterocycles. The molecule has 0 aliphatic carbocycles. The zero-order valence-electron chi connectivity index (χ0n) is 9.94. The number of amides is 1. The summed E-state index contributed by atoms with van der Waals surface area (Å²) in [7, 11) is 0. The largest absolute Gasteiger partial charge is 0.320 e. The summed E-state index contributed by atoms with van der Waals surface area (Å²) in [5, 5.41) is 2.74. The lowest BCUT2D eigenvalue weighted by Gasteiger charge is -2.03. The quantitative estimate of drug-likeness (QED) is 0.839. The summed E-state index contributed by atoms with van der Waals surface area (Å²) in [4.78, 5) is 11.6. The molecule has 0 spiro atoms. The minimum absolute atomic E-state index is 0.104. The van der Waals surface area contributed by atoms with Crippen LogP contribution in [-0.2, 0) is 4.79 Å². The summed E-state index contributed by atoms with van der Waals surface area (Å²) in [6, 6.07) is 13.5. The molecule has 96 valence electrons. The first-order chi connectivity index (χ1) is 9.15. The van der Waals surface area contributed by atoms with Crippen LogP contribution >= 0.6 is 11.6 Å². The van der Waals surface area contributed by atoms with Crippen molar-refractivity contribution < 1.29 is 9.18 Å². The van der Waals surface area contributed by atoms with Crippen LogP contribution in [0.15, 0.2) is 54.6 Å². The van der Waals surface area contributed by atoms with Crippen LogP contribution in [0.2, 0.25) is 5.02 Å². The summed E-state index contributed by atoms with van der Waals surface area (Å²) in [6.45, 7) is 0. The maximum Gasteiger partial charge on any atom is 0.248 e. The van der Waals surface area contributed by atoms with Crippen LogP contribution in [0.25, 0.3) is 6.08 Å². The molecule has 0 aliphatic heterocycles. The predicted molar refractivity (Wildman–Crippen MR) is 75.5 cm³/mol. The Labute approximate surface area is 115 Å². The number of anilines is 1. The average molecular weight is 276 g/mol. The predicted octanol–water partition coefficient (Wildman–Crippen LogP) is 4.13. The van der Waals surface area contributed by atoms with E-state index in [1.807, 2.05) is 30.3 Å². The zero-order chi connectivity index (χ0) is 13.7. The Balaban J connectivity index is 2.04. The van der Waals surface area contributed by atoms with E-state index in [-0.39, 0.29) is 10.7 Å². The molecular formula is C15H11ClFNO. The topological polar surface area (TPSA) is 29.1 Å². The molecule has 2 aromatic carbocycles. The van der Waals surface area contributed by atoms with Crippen molar-refractivity contribution in [2.75, 3.05) is 5.32 Å². The van der Waals surface area contributed by atoms with E-state index in [1.165, 1.54) is 18.2 Å². The second kappa shape index (κ2) is 6.16. The monoisotopic (exact) mass is 275 g/mol. The molecule has 0 bridgehead atoms. The van der Waals surface area contributed by atoms with Crippen molar-refractivity contribution in [3.05, 3.63) is 71.0 Å². The summed E-state index contributed by atoms with van der Waals surface area (Å²) < 4.78 is 13.5. The van der Waals surface area contributed by atoms with Crippen LogP contribution in [0, 0.1) is 5.82 Å². The number of nitrogens with one attached hydrogen (secondary N) is 1. The molecule has 0 aliphatic rings. The maximum absolute atomic E-state index is 13.5. The van der Waals surface area contributed by atoms with Gasteiger partial charge in [0, 0.05) is 11.1 Å². The molecule has 2 aromatic rings. The highest BCUT2D eigenvalue weighted by Crippen LogP contribution is 2.18. The molecule has 0 unspecified atom stereocenters. The molecular weight excluding hydrogens is 265 g/mol. The number of hydrogen-bond donors (Lipinski definition) is 1. The fourth-order valence-corrected chi connectivity index (χ4v) is 1.66. The van der Waals surface area contributed by atoms with Gasteiger partial charge >= 0.3 is 0 Å². The number of benzene rings is 2. The van der Waals surface area contributed by atoms with Gasteiger partial charge in [0.25, 0.3) is 0 Å². The number of rotatable bonds is 3. The first kappa shape index (κ1) is 13.3. The lowest BCUT2D eigenvalue weighted by Crippen LogP contribution is -2.09. The van der Waals surface area contributed by atoms with Crippen LogP contribution in [0.5, 0.6) is 0 Å². The average Bonchev–Trinajstić information content (AvgIpc) is 2.41. The highest BCUT2D eigenvalue weighted by molar-refractivity contribution is 6.30. The Morgan fingerprint density at radius 1 is 1.16 bits per heavy atom. The van der Waals surface area contributed by atoms with Crippen molar-refractivity contribution in [1.82, 2.24) is 0 Å². The van der Waals surface area contributed by atoms with Gasteiger partial charge in [-0.1, -0.05) is 41.9 Å². The van der Waals surface area contributed by atoms with Crippen molar-refractivity contribution in [3.63, 3.8) is 0 Å². The van der Waals surface area contributed by atoms with E-state index in [0.29, 0.717) is 0 Å². The van der Waals surface area contributed by atoms with Gasteiger partial charge in [0.2, 0.25) is 5.91 Å². The smallest absolute Gasteiger partial charge is 0.248 e. The van der Waals surface area contributed by atoms with Gasteiger partial charge in [0.05, 0.1) is 5.69 Å². The van der Waals surface area contributed by atoms with Crippen molar-refractivity contribution in [1.29, 1.82) is 0 Å². The Hall–Kier alpha value is -2.13. The van der Waals surface area contributed by atoms with Crippen LogP contribution < -0.4 is 5.32 Å². The standard InChI is InChI=1S/C15H11ClFNO/c16-12-7-8-14(13(17)10-12)18-15(19)9-6-11-4-2-1-3-5-11/h1-10H,(H,18,19). The highest BCUT2D eigenvalue weighted by atomic mass is 35.5. The van der Waals surface area contributed by atoms with Crippen molar-refractivity contribution >= 4 is 29.3 Å². The third-order valence-electron chi connectivity index (χ3n) is 2.42. The third kappa shape index (κ3) is 3.93. The van der Waals surface area contributed by atoms with E-state index < -0.39 is 11.7 Å². The number of halogens is 2. The fourth-order valence-electron chi connectivity index (χ4n) is 1.50. The summed E-state index contributed by atoms with van der Waals surface area (Å²) in [5.74, 6) is -0.959. The lowest BCUT2D eigenvalue weighted by molar-refractivity contribution is -0.111. The molecule has 4 heteroatoms. The van der Waals surface area contributed by atoms with E-state index in [1.54, 1.807) is 6.08 Å². The van der Waals surface area contributed by atoms with Gasteiger partial charge in [-0.05, 0) is 29.8 Å². The van der Waals surface area contributed by atoms with E-state index in [2.05, 4.69) is 5.32 Å². The molecule has 0 radical (unpaired) electrons. The Morgan fingerprint density at radius 2 is 1.89 bits per heavy atom. The second-order valence-corrected chi connectivity index (χ2v) is 4.29.